The van der Waals surface area contributed by atoms with Gasteiger partial charge in [-0.2, -0.15) is 18.3 Å². The Bertz CT molecular complexity index is 563. The molecule has 0 aliphatic carbocycles. The Kier molecular flexibility index (Phi) is 3.43. The molecule has 2 aromatic heterocycles. The lowest BCUT2D eigenvalue weighted by molar-refractivity contribution is -0.141. The molecule has 0 radical (unpaired) electrons. The summed E-state index contributed by atoms with van der Waals surface area (Å²) in [7, 11) is 0. The van der Waals surface area contributed by atoms with E-state index in [1.165, 1.54) is 6.20 Å². The van der Waals surface area contributed by atoms with Crippen LogP contribution in [0.1, 0.15) is 16.8 Å². The minimum absolute atomic E-state index is 0.398. The van der Waals surface area contributed by atoms with Crippen molar-refractivity contribution >= 4 is 15.9 Å². The standard InChI is InChI=1S/C11H9BrF3N3/c1-7-4-8(5-12)6-16-10(7)18-3-2-9(17-18)11(13,14)15/h2-4,6H,5H2,1H3. The van der Waals surface area contributed by atoms with E-state index in [0.29, 0.717) is 11.1 Å². The van der Waals surface area contributed by atoms with Crippen LogP contribution in [-0.4, -0.2) is 14.8 Å². The number of halogens is 4. The molecule has 0 saturated carbocycles. The molecule has 0 amide bonds. The summed E-state index contributed by atoms with van der Waals surface area (Å²) in [6.07, 6.45) is -1.58. The van der Waals surface area contributed by atoms with E-state index in [0.717, 1.165) is 21.9 Å². The first-order valence-corrected chi connectivity index (χ1v) is 6.18. The molecule has 0 atom stereocenters. The molecule has 18 heavy (non-hydrogen) atoms. The number of nitrogens with zero attached hydrogens (tertiary/aromatic N) is 3. The Labute approximate surface area is 110 Å². The van der Waals surface area contributed by atoms with Crippen molar-refractivity contribution < 1.29 is 13.2 Å². The second kappa shape index (κ2) is 4.72. The van der Waals surface area contributed by atoms with E-state index in [-0.39, 0.29) is 0 Å². The Balaban J connectivity index is 2.40. The van der Waals surface area contributed by atoms with Crippen molar-refractivity contribution in [3.63, 3.8) is 0 Å². The van der Waals surface area contributed by atoms with Gasteiger partial charge in [0.1, 0.15) is 0 Å². The number of aromatic nitrogens is 3. The van der Waals surface area contributed by atoms with Gasteiger partial charge in [-0.3, -0.25) is 0 Å². The topological polar surface area (TPSA) is 30.7 Å². The van der Waals surface area contributed by atoms with Crippen LogP contribution in [0.3, 0.4) is 0 Å². The maximum Gasteiger partial charge on any atom is 0.435 e. The lowest BCUT2D eigenvalue weighted by atomic mass is 10.2. The molecule has 2 heterocycles. The molecular formula is C11H9BrF3N3. The summed E-state index contributed by atoms with van der Waals surface area (Å²) in [5.41, 5.74) is 0.802. The Hall–Kier alpha value is -1.37. The summed E-state index contributed by atoms with van der Waals surface area (Å²) >= 11 is 3.29. The predicted molar refractivity (Wildman–Crippen MR) is 63.7 cm³/mol. The summed E-state index contributed by atoms with van der Waals surface area (Å²) in [4.78, 5) is 4.12. The van der Waals surface area contributed by atoms with Crippen molar-refractivity contribution in [3.05, 3.63) is 41.3 Å². The highest BCUT2D eigenvalue weighted by Crippen LogP contribution is 2.28. The minimum atomic E-state index is -4.44. The zero-order valence-corrected chi connectivity index (χ0v) is 11.0. The molecule has 0 aromatic carbocycles. The third-order valence-electron chi connectivity index (χ3n) is 2.36. The summed E-state index contributed by atoms with van der Waals surface area (Å²) in [5.74, 6) is 0.398. The van der Waals surface area contributed by atoms with Crippen LogP contribution in [0.15, 0.2) is 24.5 Å². The average molecular weight is 320 g/mol. The zero-order valence-electron chi connectivity index (χ0n) is 9.37. The van der Waals surface area contributed by atoms with Crippen molar-refractivity contribution in [1.82, 2.24) is 14.8 Å². The molecule has 0 fully saturated rings. The van der Waals surface area contributed by atoms with E-state index in [1.54, 1.807) is 13.1 Å². The molecule has 0 bridgehead atoms. The fourth-order valence-electron chi connectivity index (χ4n) is 1.53. The highest BCUT2D eigenvalue weighted by atomic mass is 79.9. The molecule has 0 aliphatic heterocycles. The molecule has 0 unspecified atom stereocenters. The third kappa shape index (κ3) is 2.55. The molecule has 2 aromatic rings. The van der Waals surface area contributed by atoms with Crippen LogP contribution in [0.2, 0.25) is 0 Å². The number of alkyl halides is 4. The van der Waals surface area contributed by atoms with Gasteiger partial charge in [-0.15, -0.1) is 0 Å². The van der Waals surface area contributed by atoms with Crippen LogP contribution in [0.25, 0.3) is 5.82 Å². The second-order valence-electron chi connectivity index (χ2n) is 3.76. The summed E-state index contributed by atoms with van der Waals surface area (Å²) in [6.45, 7) is 1.78. The lowest BCUT2D eigenvalue weighted by Gasteiger charge is -2.06. The largest absolute Gasteiger partial charge is 0.435 e. The van der Waals surface area contributed by atoms with Crippen LogP contribution in [0.4, 0.5) is 13.2 Å². The average Bonchev–Trinajstić information content (AvgIpc) is 2.77. The van der Waals surface area contributed by atoms with Gasteiger partial charge in [0, 0.05) is 17.7 Å². The molecule has 7 heteroatoms. The number of aryl methyl sites for hydroxylation is 1. The van der Waals surface area contributed by atoms with E-state index >= 15 is 0 Å². The van der Waals surface area contributed by atoms with E-state index in [9.17, 15) is 13.2 Å². The summed E-state index contributed by atoms with van der Waals surface area (Å²) in [5, 5.41) is 4.13. The van der Waals surface area contributed by atoms with Crippen LogP contribution in [-0.2, 0) is 11.5 Å². The molecule has 2 rings (SSSR count). The maximum absolute atomic E-state index is 12.4. The highest BCUT2D eigenvalue weighted by molar-refractivity contribution is 9.08. The van der Waals surface area contributed by atoms with E-state index < -0.39 is 11.9 Å². The number of pyridine rings is 1. The Morgan fingerprint density at radius 3 is 2.61 bits per heavy atom. The monoisotopic (exact) mass is 319 g/mol. The van der Waals surface area contributed by atoms with E-state index in [2.05, 4.69) is 26.0 Å². The molecular weight excluding hydrogens is 311 g/mol. The van der Waals surface area contributed by atoms with Crippen molar-refractivity contribution in [1.29, 1.82) is 0 Å². The number of hydrogen-bond donors (Lipinski definition) is 0. The fraction of sp³-hybridized carbons (Fsp3) is 0.273. The summed E-state index contributed by atoms with van der Waals surface area (Å²) < 4.78 is 38.4. The first kappa shape index (κ1) is 13.1. The van der Waals surface area contributed by atoms with Crippen molar-refractivity contribution in [2.75, 3.05) is 0 Å². The minimum Gasteiger partial charge on any atom is -0.237 e. The number of hydrogen-bond acceptors (Lipinski definition) is 2. The Morgan fingerprint density at radius 2 is 2.11 bits per heavy atom. The van der Waals surface area contributed by atoms with Gasteiger partial charge in [0.2, 0.25) is 0 Å². The summed E-state index contributed by atoms with van der Waals surface area (Å²) in [6, 6.07) is 2.78. The van der Waals surface area contributed by atoms with Crippen LogP contribution >= 0.6 is 15.9 Å². The van der Waals surface area contributed by atoms with Gasteiger partial charge >= 0.3 is 6.18 Å². The van der Waals surface area contributed by atoms with Crippen molar-refractivity contribution in [2.45, 2.75) is 18.4 Å². The van der Waals surface area contributed by atoms with Crippen LogP contribution < -0.4 is 0 Å². The van der Waals surface area contributed by atoms with E-state index in [1.807, 2.05) is 6.07 Å². The molecule has 0 N–H and O–H groups in total. The first-order valence-electron chi connectivity index (χ1n) is 5.06. The van der Waals surface area contributed by atoms with Gasteiger partial charge in [0.05, 0.1) is 0 Å². The van der Waals surface area contributed by atoms with Gasteiger partial charge < -0.3 is 0 Å². The quantitative estimate of drug-likeness (QED) is 0.793. The fourth-order valence-corrected chi connectivity index (χ4v) is 1.84. The molecule has 3 nitrogen and oxygen atoms in total. The van der Waals surface area contributed by atoms with Crippen molar-refractivity contribution in [2.24, 2.45) is 0 Å². The first-order chi connectivity index (χ1) is 8.41. The third-order valence-corrected chi connectivity index (χ3v) is 3.01. The molecule has 0 saturated heterocycles. The smallest absolute Gasteiger partial charge is 0.237 e. The zero-order chi connectivity index (χ0) is 13.3. The lowest BCUT2D eigenvalue weighted by Crippen LogP contribution is -2.08. The van der Waals surface area contributed by atoms with Gasteiger partial charge in [0.15, 0.2) is 11.5 Å². The number of rotatable bonds is 2. The maximum atomic E-state index is 12.4. The van der Waals surface area contributed by atoms with Crippen molar-refractivity contribution in [3.8, 4) is 5.82 Å². The second-order valence-corrected chi connectivity index (χ2v) is 4.32. The molecule has 96 valence electrons. The predicted octanol–water partition coefficient (Wildman–Crippen LogP) is 3.49. The Morgan fingerprint density at radius 1 is 1.39 bits per heavy atom. The van der Waals surface area contributed by atoms with Gasteiger partial charge in [-0.1, -0.05) is 15.9 Å². The molecule has 0 aliphatic rings. The van der Waals surface area contributed by atoms with Gasteiger partial charge in [-0.25, -0.2) is 9.67 Å². The molecule has 0 spiro atoms. The van der Waals surface area contributed by atoms with Crippen LogP contribution in [0.5, 0.6) is 0 Å². The van der Waals surface area contributed by atoms with Crippen LogP contribution in [0, 0.1) is 6.92 Å². The highest BCUT2D eigenvalue weighted by Gasteiger charge is 2.33. The van der Waals surface area contributed by atoms with Gasteiger partial charge in [-0.05, 0) is 30.2 Å². The SMILES string of the molecule is Cc1cc(CBr)cnc1-n1ccc(C(F)(F)F)n1. The normalized spacial score (nSPS) is 11.8. The van der Waals surface area contributed by atoms with E-state index in [4.69, 9.17) is 0 Å². The van der Waals surface area contributed by atoms with Gasteiger partial charge in [0.25, 0.3) is 0 Å².